The van der Waals surface area contributed by atoms with Crippen molar-refractivity contribution in [3.8, 4) is 0 Å². The van der Waals surface area contributed by atoms with Crippen LogP contribution in [0.1, 0.15) is 13.8 Å². The minimum atomic E-state index is -0.102. The second kappa shape index (κ2) is 6.43. The Balaban J connectivity index is 3.57. The van der Waals surface area contributed by atoms with Gasteiger partial charge in [-0.15, -0.1) is 0 Å². The van der Waals surface area contributed by atoms with Gasteiger partial charge in [-0.2, -0.15) is 0 Å². The summed E-state index contributed by atoms with van der Waals surface area (Å²) in [5.74, 6) is 0.342. The molecule has 0 bridgehead atoms. The lowest BCUT2D eigenvalue weighted by Crippen LogP contribution is -2.35. The molecule has 12 heavy (non-hydrogen) atoms. The number of ether oxygens (including phenoxy) is 1. The van der Waals surface area contributed by atoms with E-state index in [1.54, 1.807) is 7.11 Å². The van der Waals surface area contributed by atoms with E-state index in [-0.39, 0.29) is 10.7 Å². The Bertz CT molecular complexity index is 139. The van der Waals surface area contributed by atoms with Crippen LogP contribution in [0.2, 0.25) is 0 Å². The summed E-state index contributed by atoms with van der Waals surface area (Å²) in [6.45, 7) is 5.12. The summed E-state index contributed by atoms with van der Waals surface area (Å²) in [4.78, 5) is 11.1. The smallest absolute Gasteiger partial charge is 0.234 e. The highest BCUT2D eigenvalue weighted by Crippen LogP contribution is 2.11. The Morgan fingerprint density at radius 3 is 2.58 bits per heavy atom. The zero-order valence-electron chi connectivity index (χ0n) is 7.76. The first-order valence-electron chi connectivity index (χ1n) is 4.00. The average molecular weight is 238 g/mol. The van der Waals surface area contributed by atoms with Gasteiger partial charge in [0.15, 0.2) is 0 Å². The van der Waals surface area contributed by atoms with Crippen molar-refractivity contribution in [1.82, 2.24) is 5.32 Å². The third-order valence-electron chi connectivity index (χ3n) is 1.44. The minimum absolute atomic E-state index is 0.0297. The molecule has 0 radical (unpaired) electrons. The molecular formula is C8H16BrNO2. The normalized spacial score (nSPS) is 13.1. The molecule has 0 spiro atoms. The highest BCUT2D eigenvalue weighted by Gasteiger charge is 2.17. The zero-order chi connectivity index (χ0) is 9.56. The Hall–Kier alpha value is -0.0900. The van der Waals surface area contributed by atoms with Gasteiger partial charge in [-0.3, -0.25) is 4.79 Å². The van der Waals surface area contributed by atoms with E-state index in [4.69, 9.17) is 4.74 Å². The fourth-order valence-electron chi connectivity index (χ4n) is 0.677. The summed E-state index contributed by atoms with van der Waals surface area (Å²) in [7, 11) is 1.61. The van der Waals surface area contributed by atoms with Gasteiger partial charge in [0.1, 0.15) is 0 Å². The molecule has 0 heterocycles. The third kappa shape index (κ3) is 4.72. The van der Waals surface area contributed by atoms with Gasteiger partial charge in [0.2, 0.25) is 5.91 Å². The van der Waals surface area contributed by atoms with Crippen LogP contribution in [-0.4, -0.2) is 31.0 Å². The summed E-state index contributed by atoms with van der Waals surface area (Å²) in [6, 6.07) is 0. The Morgan fingerprint density at radius 2 is 2.17 bits per heavy atom. The first-order chi connectivity index (χ1) is 5.59. The van der Waals surface area contributed by atoms with Crippen molar-refractivity contribution < 1.29 is 9.53 Å². The number of amides is 1. The molecule has 0 rings (SSSR count). The van der Waals surface area contributed by atoms with Gasteiger partial charge in [-0.05, 0) is 5.92 Å². The largest absolute Gasteiger partial charge is 0.383 e. The lowest BCUT2D eigenvalue weighted by Gasteiger charge is -2.13. The molecule has 0 aromatic heterocycles. The van der Waals surface area contributed by atoms with Crippen LogP contribution in [0.25, 0.3) is 0 Å². The van der Waals surface area contributed by atoms with E-state index >= 15 is 0 Å². The maximum Gasteiger partial charge on any atom is 0.234 e. The molecule has 0 aliphatic rings. The standard InChI is InChI=1S/C8H16BrNO2/c1-6(2)7(9)8(11)10-4-5-12-3/h6-7H,4-5H2,1-3H3,(H,10,11). The Labute approximate surface area is 82.0 Å². The molecule has 4 heteroatoms. The van der Waals surface area contributed by atoms with Crippen molar-refractivity contribution in [3.63, 3.8) is 0 Å². The number of nitrogens with one attached hydrogen (secondary N) is 1. The lowest BCUT2D eigenvalue weighted by molar-refractivity contribution is -0.121. The average Bonchev–Trinajstić information content (AvgIpc) is 2.03. The first-order valence-corrected chi connectivity index (χ1v) is 4.92. The van der Waals surface area contributed by atoms with Crippen LogP contribution in [0.5, 0.6) is 0 Å². The van der Waals surface area contributed by atoms with Gasteiger partial charge < -0.3 is 10.1 Å². The summed E-state index contributed by atoms with van der Waals surface area (Å²) < 4.78 is 4.80. The van der Waals surface area contributed by atoms with E-state index in [0.717, 1.165) is 0 Å². The van der Waals surface area contributed by atoms with Crippen molar-refractivity contribution in [3.05, 3.63) is 0 Å². The fourth-order valence-corrected chi connectivity index (χ4v) is 0.838. The molecule has 0 aromatic rings. The van der Waals surface area contributed by atoms with Crippen LogP contribution in [0.4, 0.5) is 0 Å². The topological polar surface area (TPSA) is 38.3 Å². The number of carbonyl (C=O) groups excluding carboxylic acids is 1. The van der Waals surface area contributed by atoms with Crippen LogP contribution in [0, 0.1) is 5.92 Å². The Morgan fingerprint density at radius 1 is 1.58 bits per heavy atom. The number of alkyl halides is 1. The molecule has 1 atom stereocenters. The van der Waals surface area contributed by atoms with Crippen molar-refractivity contribution >= 4 is 21.8 Å². The van der Waals surface area contributed by atoms with Crippen LogP contribution < -0.4 is 5.32 Å². The van der Waals surface area contributed by atoms with Crippen LogP contribution in [0.15, 0.2) is 0 Å². The summed E-state index contributed by atoms with van der Waals surface area (Å²) in [5, 5.41) is 2.75. The van der Waals surface area contributed by atoms with Crippen molar-refractivity contribution in [2.24, 2.45) is 5.92 Å². The van der Waals surface area contributed by atoms with Gasteiger partial charge >= 0.3 is 0 Å². The van der Waals surface area contributed by atoms with Gasteiger partial charge in [0.05, 0.1) is 11.4 Å². The molecular weight excluding hydrogens is 222 g/mol. The second-order valence-electron chi connectivity index (χ2n) is 2.93. The van der Waals surface area contributed by atoms with E-state index in [0.29, 0.717) is 19.1 Å². The van der Waals surface area contributed by atoms with E-state index in [2.05, 4.69) is 21.2 Å². The molecule has 1 unspecified atom stereocenters. The molecule has 3 nitrogen and oxygen atoms in total. The van der Waals surface area contributed by atoms with Crippen molar-refractivity contribution in [2.45, 2.75) is 18.7 Å². The molecule has 0 saturated carbocycles. The summed E-state index contributed by atoms with van der Waals surface area (Å²) >= 11 is 3.31. The van der Waals surface area contributed by atoms with Crippen molar-refractivity contribution in [1.29, 1.82) is 0 Å². The number of hydrogen-bond acceptors (Lipinski definition) is 2. The van der Waals surface area contributed by atoms with Gasteiger partial charge in [0.25, 0.3) is 0 Å². The summed E-state index contributed by atoms with van der Waals surface area (Å²) in [5.41, 5.74) is 0. The number of carbonyl (C=O) groups is 1. The number of rotatable bonds is 5. The third-order valence-corrected chi connectivity index (χ3v) is 2.91. The van der Waals surface area contributed by atoms with E-state index in [1.165, 1.54) is 0 Å². The van der Waals surface area contributed by atoms with Crippen LogP contribution >= 0.6 is 15.9 Å². The highest BCUT2D eigenvalue weighted by molar-refractivity contribution is 9.10. The number of halogens is 1. The lowest BCUT2D eigenvalue weighted by atomic mass is 10.1. The molecule has 0 aromatic carbocycles. The fraction of sp³-hybridized carbons (Fsp3) is 0.875. The maximum absolute atomic E-state index is 11.2. The van der Waals surface area contributed by atoms with Gasteiger partial charge in [0, 0.05) is 13.7 Å². The molecule has 0 fully saturated rings. The highest BCUT2D eigenvalue weighted by atomic mass is 79.9. The second-order valence-corrected chi connectivity index (χ2v) is 3.92. The number of methoxy groups -OCH3 is 1. The van der Waals surface area contributed by atoms with E-state index in [1.807, 2.05) is 13.8 Å². The SMILES string of the molecule is COCCNC(=O)C(Br)C(C)C. The maximum atomic E-state index is 11.2. The van der Waals surface area contributed by atoms with E-state index < -0.39 is 0 Å². The molecule has 0 aliphatic carbocycles. The van der Waals surface area contributed by atoms with E-state index in [9.17, 15) is 4.79 Å². The molecule has 1 amide bonds. The minimum Gasteiger partial charge on any atom is -0.383 e. The van der Waals surface area contributed by atoms with Crippen LogP contribution in [0.3, 0.4) is 0 Å². The zero-order valence-corrected chi connectivity index (χ0v) is 9.35. The van der Waals surface area contributed by atoms with Crippen molar-refractivity contribution in [2.75, 3.05) is 20.3 Å². The molecule has 0 saturated heterocycles. The van der Waals surface area contributed by atoms with Crippen LogP contribution in [-0.2, 0) is 9.53 Å². The molecule has 0 aliphatic heterocycles. The predicted molar refractivity (Wildman–Crippen MR) is 52.4 cm³/mol. The van der Waals surface area contributed by atoms with Gasteiger partial charge in [-0.25, -0.2) is 0 Å². The quantitative estimate of drug-likeness (QED) is 0.576. The first kappa shape index (κ1) is 11.9. The Kier molecular flexibility index (Phi) is 6.38. The predicted octanol–water partition coefficient (Wildman–Crippen LogP) is 1.17. The number of hydrogen-bond donors (Lipinski definition) is 1. The molecule has 1 N–H and O–H groups in total. The monoisotopic (exact) mass is 237 g/mol. The molecule has 72 valence electrons. The van der Waals surface area contributed by atoms with Gasteiger partial charge in [-0.1, -0.05) is 29.8 Å². The summed E-state index contributed by atoms with van der Waals surface area (Å²) in [6.07, 6.45) is 0.